The molecule has 51 heavy (non-hydrogen) atoms. The van der Waals surface area contributed by atoms with E-state index in [1.54, 1.807) is 0 Å². The number of aromatic amines is 1. The molecule has 2 heteroatoms. The Morgan fingerprint density at radius 1 is 0.294 bits per heavy atom. The lowest BCUT2D eigenvalue weighted by Gasteiger charge is -2.16. The van der Waals surface area contributed by atoms with Gasteiger partial charge in [-0.2, -0.15) is 0 Å². The molecule has 10 aromatic carbocycles. The van der Waals surface area contributed by atoms with Gasteiger partial charge in [-0.15, -0.1) is 0 Å². The average molecular weight is 647 g/mol. The molecule has 0 bridgehead atoms. The zero-order valence-corrected chi connectivity index (χ0v) is 27.7. The van der Waals surface area contributed by atoms with Crippen molar-refractivity contribution in [2.75, 3.05) is 0 Å². The number of H-pyrrole nitrogens is 1. The molecule has 0 aliphatic heterocycles. The first-order valence-electron chi connectivity index (χ1n) is 17.5. The highest BCUT2D eigenvalue weighted by Gasteiger charge is 2.19. The van der Waals surface area contributed by atoms with E-state index in [-0.39, 0.29) is 0 Å². The van der Waals surface area contributed by atoms with Crippen LogP contribution in [0.5, 0.6) is 0 Å². The highest BCUT2D eigenvalue weighted by molar-refractivity contribution is 6.17. The second kappa shape index (κ2) is 10.9. The third-order valence-corrected chi connectivity index (χ3v) is 10.8. The van der Waals surface area contributed by atoms with Crippen molar-refractivity contribution in [3.05, 3.63) is 176 Å². The molecule has 1 heterocycles. The van der Waals surface area contributed by atoms with Crippen molar-refractivity contribution in [1.29, 1.82) is 0 Å². The number of benzene rings is 10. The van der Waals surface area contributed by atoms with E-state index in [0.717, 1.165) is 22.4 Å². The maximum Gasteiger partial charge on any atom is 0.139 e. The topological polar surface area (TPSA) is 28.7 Å². The Bertz CT molecular complexity index is 3050. The van der Waals surface area contributed by atoms with Crippen molar-refractivity contribution < 1.29 is 0 Å². The fourth-order valence-electron chi connectivity index (χ4n) is 8.43. The van der Waals surface area contributed by atoms with Crippen molar-refractivity contribution in [3.63, 3.8) is 0 Å². The summed E-state index contributed by atoms with van der Waals surface area (Å²) in [6.45, 7) is 0. The Morgan fingerprint density at radius 3 is 1.22 bits per heavy atom. The van der Waals surface area contributed by atoms with Crippen LogP contribution in [0.25, 0.3) is 109 Å². The average Bonchev–Trinajstić information content (AvgIpc) is 3.62. The van der Waals surface area contributed by atoms with Gasteiger partial charge in [-0.1, -0.05) is 164 Å². The molecule has 236 valence electrons. The molecule has 11 aromatic rings. The smallest absolute Gasteiger partial charge is 0.139 e. The molecule has 0 atom stereocenters. The summed E-state index contributed by atoms with van der Waals surface area (Å²) < 4.78 is 0. The van der Waals surface area contributed by atoms with E-state index >= 15 is 0 Å². The van der Waals surface area contributed by atoms with E-state index in [2.05, 4.69) is 181 Å². The van der Waals surface area contributed by atoms with Crippen LogP contribution in [0.2, 0.25) is 0 Å². The zero-order valence-electron chi connectivity index (χ0n) is 27.7. The molecule has 1 N–H and O–H groups in total. The van der Waals surface area contributed by atoms with Gasteiger partial charge in [0.1, 0.15) is 5.82 Å². The van der Waals surface area contributed by atoms with E-state index in [9.17, 15) is 0 Å². The SMILES string of the molecule is c1ccc2c(c1)ccc1c(-c3nc4cc(-c5cccc6c5ccc5ccccc56)c(-c5cccc6c5ccc5ccccc56)cc4[nH]3)cccc12. The van der Waals surface area contributed by atoms with Gasteiger partial charge in [0.15, 0.2) is 0 Å². The van der Waals surface area contributed by atoms with Crippen LogP contribution in [0.4, 0.5) is 0 Å². The third kappa shape index (κ3) is 4.27. The second-order valence-corrected chi connectivity index (χ2v) is 13.6. The molecule has 0 fully saturated rings. The lowest BCUT2D eigenvalue weighted by atomic mass is 9.87. The lowest BCUT2D eigenvalue weighted by molar-refractivity contribution is 1.35. The van der Waals surface area contributed by atoms with Gasteiger partial charge in [0.2, 0.25) is 0 Å². The first kappa shape index (κ1) is 28.1. The third-order valence-electron chi connectivity index (χ3n) is 10.8. The van der Waals surface area contributed by atoms with E-state index in [0.29, 0.717) is 0 Å². The Kier molecular flexibility index (Phi) is 5.99. The monoisotopic (exact) mass is 646 g/mol. The molecule has 11 rings (SSSR count). The molecule has 0 aliphatic carbocycles. The molecule has 2 nitrogen and oxygen atoms in total. The number of nitrogens with one attached hydrogen (secondary N) is 1. The number of aromatic nitrogens is 2. The van der Waals surface area contributed by atoms with Crippen LogP contribution in [0, 0.1) is 0 Å². The van der Waals surface area contributed by atoms with E-state index in [1.165, 1.54) is 86.9 Å². The molecule has 0 amide bonds. The van der Waals surface area contributed by atoms with Crippen molar-refractivity contribution in [1.82, 2.24) is 9.97 Å². The molecule has 0 saturated carbocycles. The van der Waals surface area contributed by atoms with Gasteiger partial charge in [0, 0.05) is 5.56 Å². The Hall–Kier alpha value is -6.77. The minimum atomic E-state index is 0.877. The zero-order chi connectivity index (χ0) is 33.5. The quantitative estimate of drug-likeness (QED) is 0.190. The molecule has 0 saturated heterocycles. The Balaban J connectivity index is 1.21. The fourth-order valence-corrected chi connectivity index (χ4v) is 8.43. The minimum absolute atomic E-state index is 0.877. The summed E-state index contributed by atoms with van der Waals surface area (Å²) in [6, 6.07) is 64.1. The van der Waals surface area contributed by atoms with E-state index < -0.39 is 0 Å². The molecule has 0 unspecified atom stereocenters. The number of fused-ring (bicyclic) bond motifs is 10. The summed E-state index contributed by atoms with van der Waals surface area (Å²) in [5.74, 6) is 0.877. The Labute approximate surface area is 294 Å². The molecular formula is C49H30N2. The largest absolute Gasteiger partial charge is 0.338 e. The maximum atomic E-state index is 5.31. The van der Waals surface area contributed by atoms with Crippen molar-refractivity contribution in [3.8, 4) is 33.6 Å². The summed E-state index contributed by atoms with van der Waals surface area (Å²) in [7, 11) is 0. The van der Waals surface area contributed by atoms with E-state index in [4.69, 9.17) is 4.98 Å². The number of rotatable bonds is 3. The van der Waals surface area contributed by atoms with Gasteiger partial charge >= 0.3 is 0 Å². The van der Waals surface area contributed by atoms with Gasteiger partial charge in [-0.3, -0.25) is 0 Å². The minimum Gasteiger partial charge on any atom is -0.338 e. The summed E-state index contributed by atoms with van der Waals surface area (Å²) in [5, 5.41) is 14.9. The summed E-state index contributed by atoms with van der Waals surface area (Å²) in [6.07, 6.45) is 0. The summed E-state index contributed by atoms with van der Waals surface area (Å²) in [4.78, 5) is 9.08. The van der Waals surface area contributed by atoms with Gasteiger partial charge in [-0.25, -0.2) is 4.98 Å². The first-order valence-corrected chi connectivity index (χ1v) is 17.5. The van der Waals surface area contributed by atoms with Crippen LogP contribution >= 0.6 is 0 Å². The van der Waals surface area contributed by atoms with Gasteiger partial charge in [-0.05, 0) is 99.0 Å². The van der Waals surface area contributed by atoms with Gasteiger partial charge < -0.3 is 4.98 Å². The highest BCUT2D eigenvalue weighted by atomic mass is 14.9. The molecule has 1 aromatic heterocycles. The maximum absolute atomic E-state index is 5.31. The van der Waals surface area contributed by atoms with Crippen LogP contribution in [0.3, 0.4) is 0 Å². The van der Waals surface area contributed by atoms with Crippen molar-refractivity contribution in [2.24, 2.45) is 0 Å². The standard InChI is InChI=1S/C49H30N2/c1-4-13-33-30(10-1)22-25-41-36(33)16-7-19-39(41)45-28-47-48(29-46(45)40-20-8-17-37-34-14-5-2-11-31(34)23-26-42(37)40)51-49(50-47)44-21-9-18-38-35-15-6-3-12-32(35)24-27-43(38)44/h1-29H,(H,50,51). The molecule has 0 radical (unpaired) electrons. The van der Waals surface area contributed by atoms with Crippen LogP contribution in [-0.4, -0.2) is 9.97 Å². The normalized spacial score (nSPS) is 11.9. The Morgan fingerprint density at radius 2 is 0.706 bits per heavy atom. The first-order chi connectivity index (χ1) is 25.3. The summed E-state index contributed by atoms with van der Waals surface area (Å²) >= 11 is 0. The van der Waals surface area contributed by atoms with Crippen LogP contribution in [0.1, 0.15) is 0 Å². The molecule has 0 aliphatic rings. The second-order valence-electron chi connectivity index (χ2n) is 13.6. The summed E-state index contributed by atoms with van der Waals surface area (Å²) in [5.41, 5.74) is 7.84. The predicted molar refractivity (Wildman–Crippen MR) is 217 cm³/mol. The molecular weight excluding hydrogens is 617 g/mol. The van der Waals surface area contributed by atoms with E-state index in [1.807, 2.05) is 0 Å². The highest BCUT2D eigenvalue weighted by Crippen LogP contribution is 2.43. The van der Waals surface area contributed by atoms with Crippen LogP contribution < -0.4 is 0 Å². The molecule has 0 spiro atoms. The number of hydrogen-bond donors (Lipinski definition) is 1. The van der Waals surface area contributed by atoms with Gasteiger partial charge in [0.25, 0.3) is 0 Å². The number of nitrogens with zero attached hydrogens (tertiary/aromatic N) is 1. The fraction of sp³-hybridized carbons (Fsp3) is 0. The van der Waals surface area contributed by atoms with Crippen molar-refractivity contribution >= 4 is 75.7 Å². The lowest BCUT2D eigenvalue weighted by Crippen LogP contribution is -1.90. The number of imidazole rings is 1. The predicted octanol–water partition coefficient (Wildman–Crippen LogP) is 13.5. The van der Waals surface area contributed by atoms with Gasteiger partial charge in [0.05, 0.1) is 11.0 Å². The van der Waals surface area contributed by atoms with Crippen LogP contribution in [0.15, 0.2) is 176 Å². The van der Waals surface area contributed by atoms with Crippen LogP contribution in [-0.2, 0) is 0 Å². The van der Waals surface area contributed by atoms with Crippen molar-refractivity contribution in [2.45, 2.75) is 0 Å². The number of hydrogen-bond acceptors (Lipinski definition) is 1.